The average molecular weight is 359 g/mol. The van der Waals surface area contributed by atoms with E-state index in [2.05, 4.69) is 10.1 Å². The summed E-state index contributed by atoms with van der Waals surface area (Å²) in [7, 11) is 1.65. The first-order chi connectivity index (χ1) is 12.7. The Morgan fingerprint density at radius 3 is 3.04 bits per heavy atom. The van der Waals surface area contributed by atoms with E-state index in [4.69, 9.17) is 18.7 Å². The zero-order valence-electron chi connectivity index (χ0n) is 14.8. The van der Waals surface area contributed by atoms with Crippen LogP contribution in [0.4, 0.5) is 0 Å². The molecule has 1 fully saturated rings. The van der Waals surface area contributed by atoms with E-state index in [0.717, 1.165) is 17.1 Å². The molecule has 0 saturated carbocycles. The highest BCUT2D eigenvalue weighted by Gasteiger charge is 2.39. The highest BCUT2D eigenvalue weighted by molar-refractivity contribution is 5.77. The van der Waals surface area contributed by atoms with Gasteiger partial charge in [-0.2, -0.15) is 4.98 Å². The van der Waals surface area contributed by atoms with Crippen molar-refractivity contribution in [1.82, 2.24) is 15.0 Å². The predicted octanol–water partition coefficient (Wildman–Crippen LogP) is 2.03. The van der Waals surface area contributed by atoms with Gasteiger partial charge in [-0.1, -0.05) is 17.3 Å². The van der Waals surface area contributed by atoms with E-state index in [0.29, 0.717) is 37.5 Å². The molecule has 2 aliphatic rings. The molecule has 0 N–H and O–H groups in total. The fourth-order valence-electron chi connectivity index (χ4n) is 3.50. The number of ether oxygens (including phenoxy) is 3. The van der Waals surface area contributed by atoms with Gasteiger partial charge in [-0.25, -0.2) is 0 Å². The number of likely N-dealkylation sites (tertiary alicyclic amines) is 1. The van der Waals surface area contributed by atoms with E-state index in [9.17, 15) is 4.79 Å². The van der Waals surface area contributed by atoms with Gasteiger partial charge >= 0.3 is 0 Å². The minimum Gasteiger partial charge on any atom is -0.454 e. The van der Waals surface area contributed by atoms with Gasteiger partial charge in [0.1, 0.15) is 6.04 Å². The standard InChI is InChI=1S/C18H21N3O5/c1-11-19-18(26-20-11)14-8-13(23-2)9-21(14)16(22)7-6-12-4-3-5-15-17(12)25-10-24-15/h3-5,13-14H,6-10H2,1-2H3/t13-,14+/m0/s1. The van der Waals surface area contributed by atoms with Crippen LogP contribution in [-0.2, 0) is 16.0 Å². The van der Waals surface area contributed by atoms with Gasteiger partial charge in [0.25, 0.3) is 0 Å². The molecule has 0 spiro atoms. The maximum atomic E-state index is 12.9. The Labute approximate surface area is 151 Å². The van der Waals surface area contributed by atoms with Crippen molar-refractivity contribution in [2.45, 2.75) is 38.3 Å². The number of fused-ring (bicyclic) bond motifs is 1. The normalized spacial score (nSPS) is 21.4. The Balaban J connectivity index is 1.47. The maximum Gasteiger partial charge on any atom is 0.249 e. The molecule has 8 nitrogen and oxygen atoms in total. The molecule has 26 heavy (non-hydrogen) atoms. The van der Waals surface area contributed by atoms with Gasteiger partial charge < -0.3 is 23.6 Å². The van der Waals surface area contributed by atoms with Gasteiger partial charge in [-0.05, 0) is 25.0 Å². The summed E-state index contributed by atoms with van der Waals surface area (Å²) in [6, 6.07) is 5.50. The van der Waals surface area contributed by atoms with Crippen molar-refractivity contribution in [3.63, 3.8) is 0 Å². The molecule has 2 atom stereocenters. The molecule has 3 heterocycles. The molecule has 1 amide bonds. The van der Waals surface area contributed by atoms with Crippen LogP contribution in [0.15, 0.2) is 22.7 Å². The second-order valence-electron chi connectivity index (χ2n) is 6.49. The second-order valence-corrected chi connectivity index (χ2v) is 6.49. The minimum atomic E-state index is -0.241. The third kappa shape index (κ3) is 3.12. The molecule has 138 valence electrons. The van der Waals surface area contributed by atoms with Gasteiger partial charge in [-0.15, -0.1) is 0 Å². The van der Waals surface area contributed by atoms with Crippen molar-refractivity contribution >= 4 is 5.91 Å². The fraction of sp³-hybridized carbons (Fsp3) is 0.500. The quantitative estimate of drug-likeness (QED) is 0.807. The number of hydrogen-bond donors (Lipinski definition) is 0. The Morgan fingerprint density at radius 2 is 2.27 bits per heavy atom. The van der Waals surface area contributed by atoms with Gasteiger partial charge in [-0.3, -0.25) is 4.79 Å². The number of amides is 1. The van der Waals surface area contributed by atoms with E-state index in [1.54, 1.807) is 18.9 Å². The molecular weight excluding hydrogens is 338 g/mol. The van der Waals surface area contributed by atoms with E-state index in [1.165, 1.54) is 0 Å². The van der Waals surface area contributed by atoms with Crippen molar-refractivity contribution in [2.75, 3.05) is 20.4 Å². The number of nitrogens with zero attached hydrogens (tertiary/aromatic N) is 3. The first-order valence-corrected chi connectivity index (χ1v) is 8.65. The number of benzene rings is 1. The van der Waals surface area contributed by atoms with Gasteiger partial charge in [0, 0.05) is 26.5 Å². The van der Waals surface area contributed by atoms with Crippen LogP contribution in [0, 0.1) is 6.92 Å². The van der Waals surface area contributed by atoms with Crippen LogP contribution in [0.5, 0.6) is 11.5 Å². The maximum absolute atomic E-state index is 12.9. The summed E-state index contributed by atoms with van der Waals surface area (Å²) in [5.74, 6) is 2.52. The molecule has 0 radical (unpaired) electrons. The summed E-state index contributed by atoms with van der Waals surface area (Å²) in [5.41, 5.74) is 0.973. The monoisotopic (exact) mass is 359 g/mol. The van der Waals surface area contributed by atoms with Crippen LogP contribution in [0.25, 0.3) is 0 Å². The lowest BCUT2D eigenvalue weighted by Gasteiger charge is -2.21. The smallest absolute Gasteiger partial charge is 0.249 e. The largest absolute Gasteiger partial charge is 0.454 e. The molecule has 1 aromatic carbocycles. The molecule has 0 bridgehead atoms. The summed E-state index contributed by atoms with van der Waals surface area (Å²) in [5, 5.41) is 3.84. The number of aromatic nitrogens is 2. The fourth-order valence-corrected chi connectivity index (χ4v) is 3.50. The van der Waals surface area contributed by atoms with E-state index >= 15 is 0 Å². The molecule has 0 unspecified atom stereocenters. The molecule has 1 saturated heterocycles. The van der Waals surface area contributed by atoms with Crippen molar-refractivity contribution in [1.29, 1.82) is 0 Å². The summed E-state index contributed by atoms with van der Waals surface area (Å²) in [6.45, 7) is 2.51. The SMILES string of the molecule is CO[C@H]1C[C@H](c2nc(C)no2)N(C(=O)CCc2cccc3c2OCO3)C1. The minimum absolute atomic E-state index is 0.0296. The lowest BCUT2D eigenvalue weighted by atomic mass is 10.1. The second kappa shape index (κ2) is 6.95. The number of para-hydroxylation sites is 1. The third-order valence-corrected chi connectivity index (χ3v) is 4.83. The molecule has 4 rings (SSSR count). The van der Waals surface area contributed by atoms with Gasteiger partial charge in [0.05, 0.1) is 6.10 Å². The predicted molar refractivity (Wildman–Crippen MR) is 89.8 cm³/mol. The Hall–Kier alpha value is -2.61. The van der Waals surface area contributed by atoms with Crippen LogP contribution in [0.2, 0.25) is 0 Å². The Bertz CT molecular complexity index is 806. The zero-order chi connectivity index (χ0) is 18.1. The van der Waals surface area contributed by atoms with Crippen LogP contribution >= 0.6 is 0 Å². The lowest BCUT2D eigenvalue weighted by molar-refractivity contribution is -0.132. The van der Waals surface area contributed by atoms with Crippen LogP contribution < -0.4 is 9.47 Å². The van der Waals surface area contributed by atoms with Crippen LogP contribution in [-0.4, -0.2) is 47.5 Å². The molecule has 2 aliphatic heterocycles. The van der Waals surface area contributed by atoms with Crippen LogP contribution in [0.1, 0.15) is 36.2 Å². The summed E-state index contributed by atoms with van der Waals surface area (Å²) >= 11 is 0. The highest BCUT2D eigenvalue weighted by atomic mass is 16.7. The number of hydrogen-bond acceptors (Lipinski definition) is 7. The van der Waals surface area contributed by atoms with Crippen molar-refractivity contribution in [3.05, 3.63) is 35.5 Å². The third-order valence-electron chi connectivity index (χ3n) is 4.83. The average Bonchev–Trinajstić information content (AvgIpc) is 3.37. The highest BCUT2D eigenvalue weighted by Crippen LogP contribution is 2.37. The molecule has 1 aromatic heterocycles. The van der Waals surface area contributed by atoms with Gasteiger partial charge in [0.2, 0.25) is 18.6 Å². The Kier molecular flexibility index (Phi) is 4.50. The first kappa shape index (κ1) is 16.8. The number of carbonyl (C=O) groups is 1. The number of methoxy groups -OCH3 is 1. The van der Waals surface area contributed by atoms with E-state index < -0.39 is 0 Å². The van der Waals surface area contributed by atoms with Crippen LogP contribution in [0.3, 0.4) is 0 Å². The summed E-state index contributed by atoms with van der Waals surface area (Å²) in [6.07, 6.45) is 1.56. The molecule has 8 heteroatoms. The number of aryl methyl sites for hydroxylation is 2. The summed E-state index contributed by atoms with van der Waals surface area (Å²) in [4.78, 5) is 19.0. The molecule has 0 aliphatic carbocycles. The number of carbonyl (C=O) groups excluding carboxylic acids is 1. The van der Waals surface area contributed by atoms with E-state index in [-0.39, 0.29) is 24.8 Å². The zero-order valence-corrected chi connectivity index (χ0v) is 14.8. The lowest BCUT2D eigenvalue weighted by Crippen LogP contribution is -2.32. The first-order valence-electron chi connectivity index (χ1n) is 8.65. The van der Waals surface area contributed by atoms with Crippen molar-refractivity contribution in [2.24, 2.45) is 0 Å². The van der Waals surface area contributed by atoms with E-state index in [1.807, 2.05) is 18.2 Å². The Morgan fingerprint density at radius 1 is 1.38 bits per heavy atom. The van der Waals surface area contributed by atoms with Crippen molar-refractivity contribution in [3.8, 4) is 11.5 Å². The topological polar surface area (TPSA) is 86.9 Å². The van der Waals surface area contributed by atoms with Gasteiger partial charge in [0.15, 0.2) is 17.3 Å². The molecule has 2 aromatic rings. The molecular formula is C18H21N3O5. The summed E-state index contributed by atoms with van der Waals surface area (Å²) < 4.78 is 21.7. The number of rotatable bonds is 5. The van der Waals surface area contributed by atoms with Crippen molar-refractivity contribution < 1.29 is 23.5 Å².